The maximum absolute atomic E-state index is 9.34. The molecule has 0 aliphatic carbocycles. The molecule has 4 nitrogen and oxygen atoms in total. The van der Waals surface area contributed by atoms with Crippen molar-refractivity contribution in [1.82, 2.24) is 0 Å². The molecule has 118 valence electrons. The molecule has 0 amide bonds. The average Bonchev–Trinajstić information content (AvgIpc) is 2.60. The molecule has 1 aliphatic rings. The van der Waals surface area contributed by atoms with E-state index in [2.05, 4.69) is 4.99 Å². The highest BCUT2D eigenvalue weighted by molar-refractivity contribution is 6.12. The molecule has 1 heterocycles. The number of benzene rings is 2. The summed E-state index contributed by atoms with van der Waals surface area (Å²) >= 11 is 0. The van der Waals surface area contributed by atoms with Gasteiger partial charge in [0, 0.05) is 12.1 Å². The van der Waals surface area contributed by atoms with Crippen LogP contribution in [0, 0.1) is 0 Å². The summed E-state index contributed by atoms with van der Waals surface area (Å²) < 4.78 is 10.8. The lowest BCUT2D eigenvalue weighted by molar-refractivity contribution is 0.354. The Bertz CT molecular complexity index is 761. The number of phenols is 1. The Morgan fingerprint density at radius 1 is 1.00 bits per heavy atom. The van der Waals surface area contributed by atoms with E-state index in [1.807, 2.05) is 36.4 Å². The topological polar surface area (TPSA) is 51.0 Å². The molecular weight excluding hydrogens is 290 g/mol. The Morgan fingerprint density at radius 3 is 2.39 bits per heavy atom. The van der Waals surface area contributed by atoms with Gasteiger partial charge in [-0.3, -0.25) is 4.99 Å². The summed E-state index contributed by atoms with van der Waals surface area (Å²) in [5.41, 5.74) is 4.23. The summed E-state index contributed by atoms with van der Waals surface area (Å²) in [5.74, 6) is 1.72. The molecule has 0 fully saturated rings. The zero-order chi connectivity index (χ0) is 16.2. The van der Waals surface area contributed by atoms with Crippen LogP contribution in [0.25, 0.3) is 6.08 Å². The minimum atomic E-state index is 0.263. The molecule has 2 aromatic rings. The van der Waals surface area contributed by atoms with Crippen LogP contribution in [0.1, 0.15) is 16.7 Å². The SMILES string of the molecule is COc1cc2c(cc1OC)C(/C=C/c1ccc(O)cc1)=NCC2. The number of aliphatic imine (C=N–C) groups is 1. The number of nitrogens with zero attached hydrogens (tertiary/aromatic N) is 1. The third-order valence-electron chi connectivity index (χ3n) is 3.88. The van der Waals surface area contributed by atoms with Crippen molar-refractivity contribution in [3.8, 4) is 17.2 Å². The maximum atomic E-state index is 9.34. The van der Waals surface area contributed by atoms with Gasteiger partial charge in [0.05, 0.1) is 19.9 Å². The van der Waals surface area contributed by atoms with Gasteiger partial charge < -0.3 is 14.6 Å². The molecule has 0 saturated carbocycles. The van der Waals surface area contributed by atoms with Crippen molar-refractivity contribution in [2.24, 2.45) is 4.99 Å². The molecule has 0 atom stereocenters. The van der Waals surface area contributed by atoms with Crippen LogP contribution in [-0.2, 0) is 6.42 Å². The largest absolute Gasteiger partial charge is 0.508 e. The first-order valence-corrected chi connectivity index (χ1v) is 7.48. The first-order chi connectivity index (χ1) is 11.2. The zero-order valence-electron chi connectivity index (χ0n) is 13.2. The van der Waals surface area contributed by atoms with Crippen molar-refractivity contribution >= 4 is 11.8 Å². The Labute approximate surface area is 135 Å². The van der Waals surface area contributed by atoms with E-state index in [0.29, 0.717) is 5.75 Å². The van der Waals surface area contributed by atoms with E-state index in [9.17, 15) is 5.11 Å². The van der Waals surface area contributed by atoms with Crippen molar-refractivity contribution in [3.63, 3.8) is 0 Å². The number of ether oxygens (including phenoxy) is 2. The van der Waals surface area contributed by atoms with Gasteiger partial charge in [-0.2, -0.15) is 0 Å². The second-order valence-electron chi connectivity index (χ2n) is 5.31. The van der Waals surface area contributed by atoms with Crippen LogP contribution in [0.3, 0.4) is 0 Å². The van der Waals surface area contributed by atoms with Crippen molar-refractivity contribution in [1.29, 1.82) is 0 Å². The Kier molecular flexibility index (Phi) is 4.33. The molecule has 4 heteroatoms. The molecule has 0 spiro atoms. The van der Waals surface area contributed by atoms with Crippen molar-refractivity contribution < 1.29 is 14.6 Å². The Morgan fingerprint density at radius 2 is 1.70 bits per heavy atom. The van der Waals surface area contributed by atoms with Crippen LogP contribution in [0.15, 0.2) is 47.5 Å². The highest BCUT2D eigenvalue weighted by atomic mass is 16.5. The van der Waals surface area contributed by atoms with Crippen LogP contribution in [0.4, 0.5) is 0 Å². The quantitative estimate of drug-likeness (QED) is 0.941. The predicted molar refractivity (Wildman–Crippen MR) is 91.8 cm³/mol. The molecule has 0 unspecified atom stereocenters. The number of fused-ring (bicyclic) bond motifs is 1. The van der Waals surface area contributed by atoms with Crippen LogP contribution >= 0.6 is 0 Å². The normalized spacial score (nSPS) is 13.6. The highest BCUT2D eigenvalue weighted by Crippen LogP contribution is 2.32. The number of methoxy groups -OCH3 is 2. The summed E-state index contributed by atoms with van der Waals surface area (Å²) in [7, 11) is 3.28. The molecule has 0 saturated heterocycles. The number of rotatable bonds is 4. The van der Waals surface area contributed by atoms with Gasteiger partial charge in [0.25, 0.3) is 0 Å². The van der Waals surface area contributed by atoms with Gasteiger partial charge in [-0.05, 0) is 47.9 Å². The van der Waals surface area contributed by atoms with E-state index in [0.717, 1.165) is 35.6 Å². The fraction of sp³-hybridized carbons (Fsp3) is 0.211. The van der Waals surface area contributed by atoms with E-state index >= 15 is 0 Å². The second kappa shape index (κ2) is 6.57. The van der Waals surface area contributed by atoms with Gasteiger partial charge in [0.15, 0.2) is 11.5 Å². The average molecular weight is 309 g/mol. The first-order valence-electron chi connectivity index (χ1n) is 7.48. The summed E-state index contributed by atoms with van der Waals surface area (Å²) in [6.07, 6.45) is 4.88. The van der Waals surface area contributed by atoms with Crippen molar-refractivity contribution in [2.45, 2.75) is 6.42 Å². The summed E-state index contributed by atoms with van der Waals surface area (Å²) in [4.78, 5) is 4.62. The third-order valence-corrected chi connectivity index (χ3v) is 3.88. The van der Waals surface area contributed by atoms with Gasteiger partial charge in [-0.25, -0.2) is 0 Å². The monoisotopic (exact) mass is 309 g/mol. The van der Waals surface area contributed by atoms with Crippen LogP contribution < -0.4 is 9.47 Å². The molecule has 0 bridgehead atoms. The molecule has 1 N–H and O–H groups in total. The van der Waals surface area contributed by atoms with Crippen LogP contribution in [0.2, 0.25) is 0 Å². The summed E-state index contributed by atoms with van der Waals surface area (Å²) in [5, 5.41) is 9.34. The van der Waals surface area contributed by atoms with E-state index in [1.54, 1.807) is 26.4 Å². The van der Waals surface area contributed by atoms with Gasteiger partial charge in [-0.15, -0.1) is 0 Å². The van der Waals surface area contributed by atoms with Crippen LogP contribution in [0.5, 0.6) is 17.2 Å². The fourth-order valence-electron chi connectivity index (χ4n) is 2.65. The summed E-state index contributed by atoms with van der Waals surface area (Å²) in [6.45, 7) is 0.762. The van der Waals surface area contributed by atoms with E-state index in [4.69, 9.17) is 9.47 Å². The van der Waals surface area contributed by atoms with E-state index in [-0.39, 0.29) is 5.75 Å². The number of phenolic OH excluding ortho intramolecular Hbond substituents is 1. The zero-order valence-corrected chi connectivity index (χ0v) is 13.2. The lowest BCUT2D eigenvalue weighted by atomic mass is 9.96. The minimum Gasteiger partial charge on any atom is -0.508 e. The molecule has 23 heavy (non-hydrogen) atoms. The van der Waals surface area contributed by atoms with Gasteiger partial charge in [0.1, 0.15) is 5.75 Å². The smallest absolute Gasteiger partial charge is 0.161 e. The van der Waals surface area contributed by atoms with E-state index in [1.165, 1.54) is 5.56 Å². The highest BCUT2D eigenvalue weighted by Gasteiger charge is 2.16. The molecule has 2 aromatic carbocycles. The first kappa shape index (κ1) is 15.2. The van der Waals surface area contributed by atoms with E-state index < -0.39 is 0 Å². The minimum absolute atomic E-state index is 0.263. The Hall–Kier alpha value is -2.75. The van der Waals surface area contributed by atoms with Gasteiger partial charge in [-0.1, -0.05) is 18.2 Å². The van der Waals surface area contributed by atoms with Crippen LogP contribution in [-0.4, -0.2) is 31.6 Å². The molecular formula is C19H19NO3. The number of allylic oxidation sites excluding steroid dienone is 1. The maximum Gasteiger partial charge on any atom is 0.161 e. The third kappa shape index (κ3) is 3.21. The fourth-order valence-corrected chi connectivity index (χ4v) is 2.65. The summed E-state index contributed by atoms with van der Waals surface area (Å²) in [6, 6.07) is 11.1. The lowest BCUT2D eigenvalue weighted by Gasteiger charge is -2.18. The molecule has 0 aromatic heterocycles. The number of hydrogen-bond donors (Lipinski definition) is 1. The standard InChI is InChI=1S/C19H19NO3/c1-22-18-11-14-9-10-20-17(16(14)12-19(18)23-2)8-5-13-3-6-15(21)7-4-13/h3-8,11-12,21H,9-10H2,1-2H3/b8-5+. The van der Waals surface area contributed by atoms with Gasteiger partial charge in [0.2, 0.25) is 0 Å². The lowest BCUT2D eigenvalue weighted by Crippen LogP contribution is -2.11. The van der Waals surface area contributed by atoms with Crippen molar-refractivity contribution in [2.75, 3.05) is 20.8 Å². The number of aromatic hydroxyl groups is 1. The Balaban J connectivity index is 1.93. The molecule has 3 rings (SSSR count). The predicted octanol–water partition coefficient (Wildman–Crippen LogP) is 3.47. The molecule has 1 aliphatic heterocycles. The second-order valence-corrected chi connectivity index (χ2v) is 5.31. The van der Waals surface area contributed by atoms with Crippen molar-refractivity contribution in [3.05, 3.63) is 59.2 Å². The van der Waals surface area contributed by atoms with Gasteiger partial charge >= 0.3 is 0 Å². The molecule has 0 radical (unpaired) electrons. The number of hydrogen-bond acceptors (Lipinski definition) is 4.